The van der Waals surface area contributed by atoms with Crippen LogP contribution in [0.5, 0.6) is 11.5 Å². The average molecular weight is 494 g/mol. The predicted molar refractivity (Wildman–Crippen MR) is 114 cm³/mol. The lowest BCUT2D eigenvalue weighted by Gasteiger charge is -2.33. The van der Waals surface area contributed by atoms with Gasteiger partial charge in [-0.2, -0.15) is 8.42 Å². The van der Waals surface area contributed by atoms with Gasteiger partial charge in [0.05, 0.1) is 20.1 Å². The molecule has 0 radical (unpaired) electrons. The maximum Gasteiger partial charge on any atom is 0.283 e. The van der Waals surface area contributed by atoms with Crippen molar-refractivity contribution in [3.05, 3.63) is 91.4 Å². The lowest BCUT2D eigenvalue weighted by Crippen LogP contribution is -2.38. The Kier molecular flexibility index (Phi) is 5.98. The molecule has 1 atom stereocenters. The minimum atomic E-state index is -5.06. The summed E-state index contributed by atoms with van der Waals surface area (Å²) in [6.07, 6.45) is 0. The van der Waals surface area contributed by atoms with Gasteiger partial charge in [0.2, 0.25) is 0 Å². The molecule has 3 aromatic carbocycles. The number of hydrogen-bond acceptors (Lipinski definition) is 4. The number of rotatable bonds is 4. The summed E-state index contributed by atoms with van der Waals surface area (Å²) >= 11 is 24.7. The zero-order valence-corrected chi connectivity index (χ0v) is 18.1. The first kappa shape index (κ1) is 22.0. The molecule has 0 saturated heterocycles. The second-order valence-corrected chi connectivity index (χ2v) is 9.21. The fraction of sp³-hybridized carbons (Fsp3) is 0.0526. The third-order valence-electron chi connectivity index (χ3n) is 4.36. The standard InChI is InChI=1S/C19H12Cl4O5S/c20-15-9-14(16(21)18(23)17(15)22)19(29(26,27)28,10-4-2-1-3-5-10)11-6-12(24)8-13(25)7-11/h1-9,24-25H,(H,26,27,28). The van der Waals surface area contributed by atoms with Crippen molar-refractivity contribution in [3.63, 3.8) is 0 Å². The van der Waals surface area contributed by atoms with Crippen LogP contribution in [0.2, 0.25) is 20.1 Å². The molecule has 0 aliphatic rings. The van der Waals surface area contributed by atoms with Gasteiger partial charge in [0.1, 0.15) is 11.5 Å². The first-order valence-corrected chi connectivity index (χ1v) is 10.8. The van der Waals surface area contributed by atoms with E-state index in [0.29, 0.717) is 0 Å². The molecule has 3 rings (SSSR count). The Morgan fingerprint density at radius 1 is 0.724 bits per heavy atom. The molecule has 0 saturated carbocycles. The summed E-state index contributed by atoms with van der Waals surface area (Å²) in [7, 11) is -5.06. The average Bonchev–Trinajstić information content (AvgIpc) is 2.63. The van der Waals surface area contributed by atoms with Crippen LogP contribution in [0.25, 0.3) is 0 Å². The second kappa shape index (κ2) is 7.87. The number of phenols is 2. The molecule has 0 bridgehead atoms. The van der Waals surface area contributed by atoms with E-state index in [2.05, 4.69) is 0 Å². The molecule has 0 spiro atoms. The van der Waals surface area contributed by atoms with Gasteiger partial charge in [0, 0.05) is 11.6 Å². The van der Waals surface area contributed by atoms with Crippen molar-refractivity contribution in [1.82, 2.24) is 0 Å². The number of hydrogen-bond donors (Lipinski definition) is 3. The van der Waals surface area contributed by atoms with Crippen LogP contribution in [-0.4, -0.2) is 23.2 Å². The van der Waals surface area contributed by atoms with Crippen LogP contribution in [-0.2, 0) is 14.9 Å². The zero-order chi connectivity index (χ0) is 21.6. The van der Waals surface area contributed by atoms with E-state index in [-0.39, 0.29) is 36.8 Å². The Hall–Kier alpha value is -1.67. The van der Waals surface area contributed by atoms with Crippen molar-refractivity contribution in [2.24, 2.45) is 0 Å². The van der Waals surface area contributed by atoms with E-state index in [1.54, 1.807) is 18.2 Å². The molecule has 5 nitrogen and oxygen atoms in total. The van der Waals surface area contributed by atoms with Gasteiger partial charge in [0.15, 0.2) is 4.75 Å². The van der Waals surface area contributed by atoms with Crippen LogP contribution in [0.3, 0.4) is 0 Å². The minimum Gasteiger partial charge on any atom is -0.508 e. The summed E-state index contributed by atoms with van der Waals surface area (Å²) in [6, 6.07) is 11.9. The molecule has 0 heterocycles. The summed E-state index contributed by atoms with van der Waals surface area (Å²) in [5, 5.41) is 19.3. The molecule has 0 amide bonds. The molecule has 0 aliphatic heterocycles. The zero-order valence-electron chi connectivity index (χ0n) is 14.3. The second-order valence-electron chi connectivity index (χ2n) is 6.11. The molecule has 0 fully saturated rings. The summed E-state index contributed by atoms with van der Waals surface area (Å²) in [4.78, 5) is 0. The third kappa shape index (κ3) is 3.65. The first-order valence-electron chi connectivity index (χ1n) is 7.89. The quantitative estimate of drug-likeness (QED) is 0.182. The van der Waals surface area contributed by atoms with Crippen LogP contribution in [0.15, 0.2) is 54.6 Å². The van der Waals surface area contributed by atoms with Gasteiger partial charge >= 0.3 is 0 Å². The largest absolute Gasteiger partial charge is 0.508 e. The van der Waals surface area contributed by atoms with E-state index in [0.717, 1.165) is 18.2 Å². The van der Waals surface area contributed by atoms with Crippen LogP contribution in [0.1, 0.15) is 16.7 Å². The molecule has 3 aromatic rings. The van der Waals surface area contributed by atoms with E-state index >= 15 is 0 Å². The van der Waals surface area contributed by atoms with Gasteiger partial charge in [-0.25, -0.2) is 0 Å². The molecular formula is C19H12Cl4O5S. The Labute approximate surface area is 186 Å². The van der Waals surface area contributed by atoms with E-state index in [1.165, 1.54) is 18.2 Å². The van der Waals surface area contributed by atoms with Gasteiger partial charge in [-0.1, -0.05) is 76.7 Å². The molecule has 1 unspecified atom stereocenters. The van der Waals surface area contributed by atoms with Crippen molar-refractivity contribution in [1.29, 1.82) is 0 Å². The van der Waals surface area contributed by atoms with Crippen LogP contribution < -0.4 is 0 Å². The summed E-state index contributed by atoms with van der Waals surface area (Å²) in [5.74, 6) is -0.877. The Morgan fingerprint density at radius 2 is 1.28 bits per heavy atom. The van der Waals surface area contributed by atoms with E-state index in [1.807, 2.05) is 0 Å². The SMILES string of the molecule is O=S(=O)(O)C(c1ccccc1)(c1cc(O)cc(O)c1)c1cc(Cl)c(Cl)c(Cl)c1Cl. The van der Waals surface area contributed by atoms with Gasteiger partial charge in [-0.05, 0) is 29.3 Å². The number of benzene rings is 3. The third-order valence-corrected chi connectivity index (χ3v) is 7.57. The highest BCUT2D eigenvalue weighted by molar-refractivity contribution is 7.87. The van der Waals surface area contributed by atoms with Crippen molar-refractivity contribution >= 4 is 56.5 Å². The normalized spacial score (nSPS) is 13.8. The van der Waals surface area contributed by atoms with Gasteiger partial charge in [-0.15, -0.1) is 0 Å². The fourth-order valence-corrected chi connectivity index (χ4v) is 5.50. The van der Waals surface area contributed by atoms with E-state index < -0.39 is 26.4 Å². The smallest absolute Gasteiger partial charge is 0.283 e. The Balaban J connectivity index is 2.62. The Morgan fingerprint density at radius 3 is 1.79 bits per heavy atom. The van der Waals surface area contributed by atoms with Gasteiger partial charge in [-0.3, -0.25) is 4.55 Å². The highest BCUT2D eigenvalue weighted by Crippen LogP contribution is 2.51. The summed E-state index contributed by atoms with van der Waals surface area (Å²) < 4.78 is 34.0. The molecule has 10 heteroatoms. The fourth-order valence-electron chi connectivity index (χ4n) is 3.21. The van der Waals surface area contributed by atoms with Crippen molar-refractivity contribution in [2.45, 2.75) is 4.75 Å². The lowest BCUT2D eigenvalue weighted by molar-refractivity contribution is 0.444. The van der Waals surface area contributed by atoms with Crippen LogP contribution >= 0.6 is 46.4 Å². The number of aromatic hydroxyl groups is 2. The first-order chi connectivity index (χ1) is 13.5. The molecular weight excluding hydrogens is 482 g/mol. The maximum absolute atomic E-state index is 13.0. The van der Waals surface area contributed by atoms with Gasteiger partial charge in [0.25, 0.3) is 10.1 Å². The Bertz CT molecular complexity index is 1180. The maximum atomic E-state index is 13.0. The van der Waals surface area contributed by atoms with Crippen molar-refractivity contribution in [3.8, 4) is 11.5 Å². The molecule has 0 aromatic heterocycles. The molecule has 152 valence electrons. The monoisotopic (exact) mass is 492 g/mol. The van der Waals surface area contributed by atoms with Crippen LogP contribution in [0, 0.1) is 0 Å². The molecule has 29 heavy (non-hydrogen) atoms. The van der Waals surface area contributed by atoms with E-state index in [4.69, 9.17) is 46.4 Å². The number of halogens is 4. The predicted octanol–water partition coefficient (Wildman–Crippen LogP) is 5.89. The summed E-state index contributed by atoms with van der Waals surface area (Å²) in [6.45, 7) is 0. The molecule has 3 N–H and O–H groups in total. The topological polar surface area (TPSA) is 94.8 Å². The highest BCUT2D eigenvalue weighted by Gasteiger charge is 2.50. The van der Waals surface area contributed by atoms with Crippen molar-refractivity contribution in [2.75, 3.05) is 0 Å². The molecule has 0 aliphatic carbocycles. The number of phenolic OH excluding ortho intramolecular Hbond substituents is 2. The lowest BCUT2D eigenvalue weighted by atomic mass is 9.83. The van der Waals surface area contributed by atoms with Gasteiger partial charge < -0.3 is 10.2 Å². The highest BCUT2D eigenvalue weighted by atomic mass is 35.5. The summed E-state index contributed by atoms with van der Waals surface area (Å²) in [5.41, 5.74) is -0.346. The van der Waals surface area contributed by atoms with E-state index in [9.17, 15) is 23.2 Å². The van der Waals surface area contributed by atoms with Crippen LogP contribution in [0.4, 0.5) is 0 Å². The minimum absolute atomic E-state index is 0.0591. The van der Waals surface area contributed by atoms with Crippen molar-refractivity contribution < 1.29 is 23.2 Å².